The van der Waals surface area contributed by atoms with Gasteiger partial charge in [-0.1, -0.05) is 39.8 Å². The van der Waals surface area contributed by atoms with E-state index in [1.807, 2.05) is 12.1 Å². The van der Waals surface area contributed by atoms with Gasteiger partial charge in [-0.05, 0) is 54.6 Å². The molecule has 35 heavy (non-hydrogen) atoms. The summed E-state index contributed by atoms with van der Waals surface area (Å²) in [6, 6.07) is 8.23. The van der Waals surface area contributed by atoms with Crippen molar-refractivity contribution in [3.63, 3.8) is 0 Å². The smallest absolute Gasteiger partial charge is 0.290 e. The zero-order valence-corrected chi connectivity index (χ0v) is 22.1. The number of carbonyl (C=O) groups is 2. The van der Waals surface area contributed by atoms with E-state index < -0.39 is 17.7 Å². The van der Waals surface area contributed by atoms with Crippen LogP contribution in [-0.4, -0.2) is 66.5 Å². The Labute approximate surface area is 212 Å². The van der Waals surface area contributed by atoms with E-state index >= 15 is 0 Å². The summed E-state index contributed by atoms with van der Waals surface area (Å²) >= 11 is 1.29. The number of nitrogens with zero attached hydrogens (tertiary/aromatic N) is 2. The van der Waals surface area contributed by atoms with Crippen LogP contribution in [0.1, 0.15) is 55.4 Å². The van der Waals surface area contributed by atoms with Crippen LogP contribution in [-0.2, 0) is 4.79 Å². The second-order valence-corrected chi connectivity index (χ2v) is 9.89. The lowest BCUT2D eigenvalue weighted by molar-refractivity contribution is -0.129. The van der Waals surface area contributed by atoms with Crippen LogP contribution in [0.4, 0.5) is 0 Å². The van der Waals surface area contributed by atoms with Gasteiger partial charge in [0.2, 0.25) is 5.78 Å². The molecule has 7 nitrogen and oxygen atoms in total. The second-order valence-electron chi connectivity index (χ2n) is 8.94. The first-order valence-corrected chi connectivity index (χ1v) is 13.1. The van der Waals surface area contributed by atoms with Crippen molar-refractivity contribution in [2.75, 3.05) is 39.9 Å². The topological polar surface area (TPSA) is 79.3 Å². The molecule has 0 saturated heterocycles. The average molecular weight is 501 g/mol. The number of ether oxygens (including phenoxy) is 2. The van der Waals surface area contributed by atoms with Crippen LogP contribution in [0.5, 0.6) is 11.5 Å². The van der Waals surface area contributed by atoms with E-state index in [1.54, 1.807) is 35.6 Å². The zero-order chi connectivity index (χ0) is 25.5. The maximum absolute atomic E-state index is 13.4. The molecule has 0 fully saturated rings. The van der Waals surface area contributed by atoms with E-state index in [2.05, 4.69) is 32.6 Å². The van der Waals surface area contributed by atoms with Crippen molar-refractivity contribution in [1.29, 1.82) is 0 Å². The first kappa shape index (κ1) is 26.8. The molecule has 1 amide bonds. The number of methoxy groups -OCH3 is 1. The zero-order valence-electron chi connectivity index (χ0n) is 21.2. The molecule has 2 heterocycles. The van der Waals surface area contributed by atoms with Gasteiger partial charge in [0.15, 0.2) is 17.3 Å². The van der Waals surface area contributed by atoms with Gasteiger partial charge in [0.05, 0.1) is 30.2 Å². The summed E-state index contributed by atoms with van der Waals surface area (Å²) in [6.45, 7) is 11.7. The standard InChI is InChI=1S/C27H36N2O5S/c1-6-28(7-2)13-14-29-24(23(26(31)27(29)32)25(30)22-9-8-16-35-22)19-10-11-20(21(17-19)33-5)34-15-12-18(3)4/h8-11,16-18,24,31H,6-7,12-15H2,1-5H3. The van der Waals surface area contributed by atoms with Gasteiger partial charge in [0.25, 0.3) is 5.91 Å². The molecular formula is C27H36N2O5S. The third kappa shape index (κ3) is 6.05. The summed E-state index contributed by atoms with van der Waals surface area (Å²) in [6.07, 6.45) is 0.914. The van der Waals surface area contributed by atoms with Crippen molar-refractivity contribution < 1.29 is 24.2 Å². The number of likely N-dealkylation sites (N-methyl/N-ethyl adjacent to an activating group) is 1. The monoisotopic (exact) mass is 500 g/mol. The predicted octanol–water partition coefficient (Wildman–Crippen LogP) is 5.10. The van der Waals surface area contributed by atoms with Crippen LogP contribution in [0.3, 0.4) is 0 Å². The number of amides is 1. The molecule has 2 aromatic rings. The highest BCUT2D eigenvalue weighted by Gasteiger charge is 2.44. The predicted molar refractivity (Wildman–Crippen MR) is 138 cm³/mol. The Kier molecular flexibility index (Phi) is 9.34. The van der Waals surface area contributed by atoms with E-state index in [0.29, 0.717) is 47.6 Å². The van der Waals surface area contributed by atoms with Crippen LogP contribution < -0.4 is 9.47 Å². The van der Waals surface area contributed by atoms with E-state index in [9.17, 15) is 14.7 Å². The van der Waals surface area contributed by atoms with Crippen molar-refractivity contribution in [3.8, 4) is 11.5 Å². The third-order valence-electron chi connectivity index (χ3n) is 6.30. The SMILES string of the molecule is CCN(CC)CCN1C(=O)C(O)=C(C(=O)c2cccs2)C1c1ccc(OCCC(C)C)c(OC)c1. The molecule has 1 aromatic heterocycles. The van der Waals surface area contributed by atoms with Gasteiger partial charge < -0.3 is 24.4 Å². The Hall–Kier alpha value is -2.84. The molecule has 0 bridgehead atoms. The summed E-state index contributed by atoms with van der Waals surface area (Å²) in [5.41, 5.74) is 0.794. The highest BCUT2D eigenvalue weighted by atomic mass is 32.1. The first-order chi connectivity index (χ1) is 16.8. The number of benzene rings is 1. The normalized spacial score (nSPS) is 16.0. The molecule has 190 valence electrons. The summed E-state index contributed by atoms with van der Waals surface area (Å²) in [4.78, 5) is 30.9. The Morgan fingerprint density at radius 2 is 1.94 bits per heavy atom. The van der Waals surface area contributed by atoms with Gasteiger partial charge in [0, 0.05) is 13.1 Å². The van der Waals surface area contributed by atoms with Crippen LogP contribution in [0, 0.1) is 5.92 Å². The molecule has 0 saturated carbocycles. The summed E-state index contributed by atoms with van der Waals surface area (Å²) in [7, 11) is 1.57. The molecule has 1 aromatic carbocycles. The summed E-state index contributed by atoms with van der Waals surface area (Å²) in [5.74, 6) is 0.301. The molecule has 0 spiro atoms. The fraction of sp³-hybridized carbons (Fsp3) is 0.481. The molecule has 1 aliphatic heterocycles. The minimum atomic E-state index is -0.716. The Bertz CT molecular complexity index is 1040. The Morgan fingerprint density at radius 1 is 1.20 bits per heavy atom. The largest absolute Gasteiger partial charge is 0.503 e. The van der Waals surface area contributed by atoms with E-state index in [-0.39, 0.29) is 11.4 Å². The first-order valence-electron chi connectivity index (χ1n) is 12.2. The molecule has 0 radical (unpaired) electrons. The molecule has 1 aliphatic rings. The number of rotatable bonds is 13. The lowest BCUT2D eigenvalue weighted by Gasteiger charge is -2.29. The molecule has 0 aliphatic carbocycles. The highest BCUT2D eigenvalue weighted by molar-refractivity contribution is 7.12. The minimum Gasteiger partial charge on any atom is -0.503 e. The maximum atomic E-state index is 13.4. The number of thiophene rings is 1. The molecule has 8 heteroatoms. The van der Waals surface area contributed by atoms with Crippen LogP contribution >= 0.6 is 11.3 Å². The summed E-state index contributed by atoms with van der Waals surface area (Å²) in [5, 5.41) is 12.7. The van der Waals surface area contributed by atoms with Gasteiger partial charge in [0.1, 0.15) is 0 Å². The van der Waals surface area contributed by atoms with Gasteiger partial charge in [-0.2, -0.15) is 0 Å². The number of ketones is 1. The van der Waals surface area contributed by atoms with E-state index in [4.69, 9.17) is 9.47 Å². The number of aliphatic hydroxyl groups is 1. The van der Waals surface area contributed by atoms with Crippen LogP contribution in [0.15, 0.2) is 47.0 Å². The van der Waals surface area contributed by atoms with Crippen molar-refractivity contribution in [2.45, 2.75) is 40.2 Å². The number of hydrogen-bond acceptors (Lipinski definition) is 7. The van der Waals surface area contributed by atoms with Crippen LogP contribution in [0.25, 0.3) is 0 Å². The van der Waals surface area contributed by atoms with E-state index in [0.717, 1.165) is 19.5 Å². The second kappa shape index (κ2) is 12.2. The van der Waals surface area contributed by atoms with Crippen molar-refractivity contribution >= 4 is 23.0 Å². The van der Waals surface area contributed by atoms with Gasteiger partial charge in [-0.25, -0.2) is 0 Å². The third-order valence-corrected chi connectivity index (χ3v) is 7.17. The molecule has 1 N–H and O–H groups in total. The molecular weight excluding hydrogens is 464 g/mol. The quantitative estimate of drug-likeness (QED) is 0.386. The molecule has 3 rings (SSSR count). The maximum Gasteiger partial charge on any atom is 0.290 e. The summed E-state index contributed by atoms with van der Waals surface area (Å²) < 4.78 is 11.5. The average Bonchev–Trinajstić information content (AvgIpc) is 3.47. The lowest BCUT2D eigenvalue weighted by Crippen LogP contribution is -2.38. The fourth-order valence-electron chi connectivity index (χ4n) is 4.17. The van der Waals surface area contributed by atoms with Crippen molar-refractivity contribution in [3.05, 3.63) is 57.5 Å². The minimum absolute atomic E-state index is 0.104. The van der Waals surface area contributed by atoms with Crippen molar-refractivity contribution in [1.82, 2.24) is 9.80 Å². The van der Waals surface area contributed by atoms with E-state index in [1.165, 1.54) is 11.3 Å². The fourth-order valence-corrected chi connectivity index (χ4v) is 4.85. The highest BCUT2D eigenvalue weighted by Crippen LogP contribution is 2.42. The lowest BCUT2D eigenvalue weighted by atomic mass is 9.95. The molecule has 1 unspecified atom stereocenters. The van der Waals surface area contributed by atoms with Gasteiger partial charge in [-0.3, -0.25) is 9.59 Å². The Balaban J connectivity index is 1.99. The van der Waals surface area contributed by atoms with Gasteiger partial charge >= 0.3 is 0 Å². The number of aliphatic hydroxyl groups excluding tert-OH is 1. The molecule has 1 atom stereocenters. The number of hydrogen-bond donors (Lipinski definition) is 1. The number of carbonyl (C=O) groups excluding carboxylic acids is 2. The van der Waals surface area contributed by atoms with Gasteiger partial charge in [-0.15, -0.1) is 11.3 Å². The number of Topliss-reactive ketones (excluding diaryl/α,β-unsaturated/α-hetero) is 1. The van der Waals surface area contributed by atoms with Crippen LogP contribution in [0.2, 0.25) is 0 Å². The van der Waals surface area contributed by atoms with Crippen molar-refractivity contribution in [2.24, 2.45) is 5.92 Å². The Morgan fingerprint density at radius 3 is 2.54 bits per heavy atom.